The maximum Gasteiger partial charge on any atom is 0.251 e. The van der Waals surface area contributed by atoms with Gasteiger partial charge in [-0.2, -0.15) is 0 Å². The normalized spacial score (nSPS) is 11.7. The molecule has 6 nitrogen and oxygen atoms in total. The van der Waals surface area contributed by atoms with Gasteiger partial charge >= 0.3 is 0 Å². The standard InChI is InChI=1S/C23H31NO5/c1-7-28-19-12-9-16(13-21(19)29-8-2)22(15(3)4)24-23(25)17-10-11-18(26-5)20(14-17)27-6/h9-15,22H,7-8H2,1-6H3,(H,24,25). The molecule has 0 spiro atoms. The van der Waals surface area contributed by atoms with Gasteiger partial charge < -0.3 is 24.3 Å². The number of hydrogen-bond acceptors (Lipinski definition) is 5. The lowest BCUT2D eigenvalue weighted by molar-refractivity contribution is 0.0925. The van der Waals surface area contributed by atoms with Crippen LogP contribution in [-0.2, 0) is 0 Å². The number of rotatable bonds is 10. The first kappa shape index (κ1) is 22.4. The van der Waals surface area contributed by atoms with Crippen LogP contribution in [0.3, 0.4) is 0 Å². The molecule has 2 aromatic carbocycles. The second-order valence-electron chi connectivity index (χ2n) is 6.84. The van der Waals surface area contributed by atoms with E-state index in [1.807, 2.05) is 32.0 Å². The summed E-state index contributed by atoms with van der Waals surface area (Å²) in [6.45, 7) is 9.09. The zero-order chi connectivity index (χ0) is 21.4. The van der Waals surface area contributed by atoms with Crippen LogP contribution in [0.25, 0.3) is 0 Å². The Morgan fingerprint density at radius 3 is 2.07 bits per heavy atom. The van der Waals surface area contributed by atoms with Gasteiger partial charge in [-0.05, 0) is 55.7 Å². The third kappa shape index (κ3) is 5.56. The van der Waals surface area contributed by atoms with Crippen molar-refractivity contribution in [2.24, 2.45) is 5.92 Å². The molecule has 0 aliphatic carbocycles. The summed E-state index contributed by atoms with van der Waals surface area (Å²) in [5.74, 6) is 2.46. The van der Waals surface area contributed by atoms with Crippen molar-refractivity contribution in [1.29, 1.82) is 0 Å². The van der Waals surface area contributed by atoms with Gasteiger partial charge in [0.05, 0.1) is 33.5 Å². The fourth-order valence-electron chi connectivity index (χ4n) is 3.10. The molecule has 2 aromatic rings. The number of ether oxygens (including phenoxy) is 4. The van der Waals surface area contributed by atoms with Crippen LogP contribution in [0, 0.1) is 5.92 Å². The Labute approximate surface area is 173 Å². The van der Waals surface area contributed by atoms with Crippen LogP contribution in [0.1, 0.15) is 49.7 Å². The van der Waals surface area contributed by atoms with Crippen molar-refractivity contribution in [3.63, 3.8) is 0 Å². The molecule has 0 aromatic heterocycles. The molecule has 1 amide bonds. The zero-order valence-electron chi connectivity index (χ0n) is 18.1. The summed E-state index contributed by atoms with van der Waals surface area (Å²) in [5.41, 5.74) is 1.46. The van der Waals surface area contributed by atoms with E-state index in [0.717, 1.165) is 5.56 Å². The van der Waals surface area contributed by atoms with Gasteiger partial charge in [-0.15, -0.1) is 0 Å². The number of carbonyl (C=O) groups excluding carboxylic acids is 1. The summed E-state index contributed by atoms with van der Waals surface area (Å²) in [6.07, 6.45) is 0. The van der Waals surface area contributed by atoms with Crippen LogP contribution in [0.4, 0.5) is 0 Å². The van der Waals surface area contributed by atoms with Gasteiger partial charge in [0.15, 0.2) is 23.0 Å². The van der Waals surface area contributed by atoms with Crippen molar-refractivity contribution >= 4 is 5.91 Å². The van der Waals surface area contributed by atoms with E-state index in [9.17, 15) is 4.79 Å². The highest BCUT2D eigenvalue weighted by atomic mass is 16.5. The van der Waals surface area contributed by atoms with E-state index in [1.54, 1.807) is 32.4 Å². The Kier molecular flexibility index (Phi) is 8.19. The molecule has 0 aliphatic heterocycles. The van der Waals surface area contributed by atoms with Gasteiger partial charge in [0.2, 0.25) is 0 Å². The lowest BCUT2D eigenvalue weighted by Crippen LogP contribution is -2.31. The van der Waals surface area contributed by atoms with E-state index >= 15 is 0 Å². The molecular formula is C23H31NO5. The topological polar surface area (TPSA) is 66.0 Å². The minimum absolute atomic E-state index is 0.173. The Balaban J connectivity index is 2.30. The van der Waals surface area contributed by atoms with Crippen LogP contribution in [0.2, 0.25) is 0 Å². The molecular weight excluding hydrogens is 370 g/mol. The van der Waals surface area contributed by atoms with Gasteiger partial charge in [-0.25, -0.2) is 0 Å². The highest BCUT2D eigenvalue weighted by molar-refractivity contribution is 5.95. The number of nitrogens with one attached hydrogen (secondary N) is 1. The first-order valence-electron chi connectivity index (χ1n) is 9.87. The maximum absolute atomic E-state index is 12.9. The highest BCUT2D eigenvalue weighted by Gasteiger charge is 2.22. The lowest BCUT2D eigenvalue weighted by atomic mass is 9.95. The quantitative estimate of drug-likeness (QED) is 0.629. The number of carbonyl (C=O) groups is 1. The van der Waals surface area contributed by atoms with Gasteiger partial charge in [0.1, 0.15) is 0 Å². The van der Waals surface area contributed by atoms with E-state index in [4.69, 9.17) is 18.9 Å². The minimum Gasteiger partial charge on any atom is -0.493 e. The molecule has 0 saturated heterocycles. The predicted octanol–water partition coefficient (Wildman–Crippen LogP) is 4.63. The second-order valence-corrected chi connectivity index (χ2v) is 6.84. The second kappa shape index (κ2) is 10.6. The summed E-state index contributed by atoms with van der Waals surface area (Å²) in [5, 5.41) is 3.13. The van der Waals surface area contributed by atoms with Crippen molar-refractivity contribution in [3.8, 4) is 23.0 Å². The fourth-order valence-corrected chi connectivity index (χ4v) is 3.10. The average Bonchev–Trinajstić information content (AvgIpc) is 2.72. The molecule has 6 heteroatoms. The van der Waals surface area contributed by atoms with Crippen molar-refractivity contribution in [1.82, 2.24) is 5.32 Å². The average molecular weight is 402 g/mol. The predicted molar refractivity (Wildman–Crippen MR) is 113 cm³/mol. The molecule has 29 heavy (non-hydrogen) atoms. The fraction of sp³-hybridized carbons (Fsp3) is 0.435. The van der Waals surface area contributed by atoms with Crippen molar-refractivity contribution in [3.05, 3.63) is 47.5 Å². The molecule has 1 unspecified atom stereocenters. The van der Waals surface area contributed by atoms with Gasteiger partial charge in [0.25, 0.3) is 5.91 Å². The largest absolute Gasteiger partial charge is 0.493 e. The summed E-state index contributed by atoms with van der Waals surface area (Å²) >= 11 is 0. The van der Waals surface area contributed by atoms with Gasteiger partial charge in [-0.3, -0.25) is 4.79 Å². The summed E-state index contributed by atoms with van der Waals surface area (Å²) in [7, 11) is 3.11. The van der Waals surface area contributed by atoms with Gasteiger partial charge in [-0.1, -0.05) is 19.9 Å². The molecule has 0 heterocycles. The van der Waals surface area contributed by atoms with Gasteiger partial charge in [0, 0.05) is 5.56 Å². The van der Waals surface area contributed by atoms with Crippen LogP contribution < -0.4 is 24.3 Å². The van der Waals surface area contributed by atoms with E-state index in [-0.39, 0.29) is 17.9 Å². The molecule has 158 valence electrons. The van der Waals surface area contributed by atoms with Crippen LogP contribution in [0.5, 0.6) is 23.0 Å². The SMILES string of the molecule is CCOc1ccc(C(NC(=O)c2ccc(OC)c(OC)c2)C(C)C)cc1OCC. The van der Waals surface area contributed by atoms with Crippen LogP contribution >= 0.6 is 0 Å². The van der Waals surface area contributed by atoms with E-state index in [0.29, 0.717) is 41.8 Å². The third-order valence-corrected chi connectivity index (χ3v) is 4.53. The molecule has 2 rings (SSSR count). The smallest absolute Gasteiger partial charge is 0.251 e. The molecule has 0 aliphatic rings. The molecule has 0 saturated carbocycles. The number of benzene rings is 2. The molecule has 1 N–H and O–H groups in total. The number of amides is 1. The Bertz CT molecular complexity index is 819. The monoisotopic (exact) mass is 401 g/mol. The Hall–Kier alpha value is -2.89. The Morgan fingerprint density at radius 1 is 0.862 bits per heavy atom. The molecule has 0 fully saturated rings. The third-order valence-electron chi connectivity index (χ3n) is 4.53. The Morgan fingerprint density at radius 2 is 1.48 bits per heavy atom. The molecule has 0 bridgehead atoms. The van der Waals surface area contributed by atoms with E-state index < -0.39 is 0 Å². The van der Waals surface area contributed by atoms with E-state index in [2.05, 4.69) is 19.2 Å². The summed E-state index contributed by atoms with van der Waals surface area (Å²) < 4.78 is 21.9. The zero-order valence-corrected chi connectivity index (χ0v) is 18.1. The summed E-state index contributed by atoms with van der Waals surface area (Å²) in [6, 6.07) is 10.7. The maximum atomic E-state index is 12.9. The molecule has 1 atom stereocenters. The first-order chi connectivity index (χ1) is 13.9. The van der Waals surface area contributed by atoms with E-state index in [1.165, 1.54) is 0 Å². The van der Waals surface area contributed by atoms with Crippen molar-refractivity contribution in [2.45, 2.75) is 33.7 Å². The highest BCUT2D eigenvalue weighted by Crippen LogP contribution is 2.33. The van der Waals surface area contributed by atoms with Crippen molar-refractivity contribution in [2.75, 3.05) is 27.4 Å². The van der Waals surface area contributed by atoms with Crippen LogP contribution in [0.15, 0.2) is 36.4 Å². The number of methoxy groups -OCH3 is 2. The van der Waals surface area contributed by atoms with Crippen LogP contribution in [-0.4, -0.2) is 33.3 Å². The minimum atomic E-state index is -0.189. The summed E-state index contributed by atoms with van der Waals surface area (Å²) in [4.78, 5) is 12.9. The molecule has 0 radical (unpaired) electrons. The lowest BCUT2D eigenvalue weighted by Gasteiger charge is -2.24. The van der Waals surface area contributed by atoms with Crippen molar-refractivity contribution < 1.29 is 23.7 Å². The first-order valence-corrected chi connectivity index (χ1v) is 9.87. The number of hydrogen-bond donors (Lipinski definition) is 1.